The van der Waals surface area contributed by atoms with Gasteiger partial charge < -0.3 is 15.4 Å². The third-order valence-corrected chi connectivity index (χ3v) is 4.88. The van der Waals surface area contributed by atoms with Crippen molar-refractivity contribution in [3.8, 4) is 0 Å². The molecule has 0 radical (unpaired) electrons. The summed E-state index contributed by atoms with van der Waals surface area (Å²) in [6.07, 6.45) is 2.29. The lowest BCUT2D eigenvalue weighted by atomic mass is 9.91. The predicted molar refractivity (Wildman–Crippen MR) is 95.0 cm³/mol. The number of ether oxygens (including phenoxy) is 1. The number of aryl methyl sites for hydroxylation is 2. The molecule has 0 saturated carbocycles. The van der Waals surface area contributed by atoms with Crippen LogP contribution in [0.2, 0.25) is 0 Å². The lowest BCUT2D eigenvalue weighted by Crippen LogP contribution is -2.48. The maximum Gasteiger partial charge on any atom is 0.338 e. The summed E-state index contributed by atoms with van der Waals surface area (Å²) in [4.78, 5) is 27.0. The quantitative estimate of drug-likeness (QED) is 0.822. The Morgan fingerprint density at radius 3 is 2.64 bits per heavy atom. The highest BCUT2D eigenvalue weighted by Crippen LogP contribution is 2.30. The molecule has 3 rings (SSSR count). The van der Waals surface area contributed by atoms with Crippen molar-refractivity contribution in [2.45, 2.75) is 32.7 Å². The van der Waals surface area contributed by atoms with Crippen LogP contribution in [0.25, 0.3) is 0 Å². The van der Waals surface area contributed by atoms with Crippen LogP contribution < -0.4 is 10.6 Å². The van der Waals surface area contributed by atoms with E-state index in [-0.39, 0.29) is 6.03 Å². The molecule has 1 aromatic carbocycles. The van der Waals surface area contributed by atoms with Crippen molar-refractivity contribution in [2.75, 3.05) is 26.7 Å². The Bertz CT molecular complexity index is 721. The Labute approximate surface area is 148 Å². The van der Waals surface area contributed by atoms with E-state index in [4.69, 9.17) is 4.74 Å². The lowest BCUT2D eigenvalue weighted by molar-refractivity contribution is -0.136. The molecule has 2 N–H and O–H groups in total. The second-order valence-corrected chi connectivity index (χ2v) is 6.76. The van der Waals surface area contributed by atoms with Gasteiger partial charge in [-0.1, -0.05) is 23.8 Å². The molecule has 6 heteroatoms. The van der Waals surface area contributed by atoms with Gasteiger partial charge in [0.05, 0.1) is 18.7 Å². The van der Waals surface area contributed by atoms with Crippen molar-refractivity contribution in [1.82, 2.24) is 15.5 Å². The molecule has 0 aliphatic carbocycles. The highest BCUT2D eigenvalue weighted by molar-refractivity contribution is 5.95. The number of amides is 2. The first kappa shape index (κ1) is 17.5. The smallest absolute Gasteiger partial charge is 0.338 e. The van der Waals surface area contributed by atoms with Crippen LogP contribution in [-0.2, 0) is 9.53 Å². The summed E-state index contributed by atoms with van der Waals surface area (Å²) in [6.45, 7) is 6.53. The minimum Gasteiger partial charge on any atom is -0.466 e. The van der Waals surface area contributed by atoms with Gasteiger partial charge in [-0.25, -0.2) is 9.59 Å². The number of hydrogen-bond acceptors (Lipinski definition) is 4. The summed E-state index contributed by atoms with van der Waals surface area (Å²) in [6, 6.07) is 5.23. The topological polar surface area (TPSA) is 70.7 Å². The number of methoxy groups -OCH3 is 1. The zero-order chi connectivity index (χ0) is 18.0. The molecule has 2 amide bonds. The van der Waals surface area contributed by atoms with E-state index in [9.17, 15) is 9.59 Å². The molecule has 1 fully saturated rings. The molecule has 0 aromatic heterocycles. The SMILES string of the molecule is COC(=O)C1=C(CN2CCCC2)NC(=O)N[C@@H]1c1ccc(C)cc1C. The molecule has 0 unspecified atom stereocenters. The highest BCUT2D eigenvalue weighted by atomic mass is 16.5. The maximum absolute atomic E-state index is 12.5. The average Bonchev–Trinajstić information content (AvgIpc) is 3.06. The first-order chi connectivity index (χ1) is 12.0. The fraction of sp³-hybridized carbons (Fsp3) is 0.474. The molecule has 2 aliphatic rings. The van der Waals surface area contributed by atoms with Gasteiger partial charge in [-0.05, 0) is 50.9 Å². The fourth-order valence-electron chi connectivity index (χ4n) is 3.64. The molecule has 25 heavy (non-hydrogen) atoms. The number of esters is 1. The van der Waals surface area contributed by atoms with Gasteiger partial charge in [0, 0.05) is 12.2 Å². The molecule has 6 nitrogen and oxygen atoms in total. The van der Waals surface area contributed by atoms with Crippen molar-refractivity contribution in [3.63, 3.8) is 0 Å². The minimum absolute atomic E-state index is 0.285. The normalized spacial score (nSPS) is 21.1. The van der Waals surface area contributed by atoms with Gasteiger partial charge in [-0.3, -0.25) is 4.90 Å². The Morgan fingerprint density at radius 2 is 2.00 bits per heavy atom. The predicted octanol–water partition coefficient (Wildman–Crippen LogP) is 2.18. The first-order valence-corrected chi connectivity index (χ1v) is 8.68. The molecule has 134 valence electrons. The van der Waals surface area contributed by atoms with Gasteiger partial charge in [-0.2, -0.15) is 0 Å². The molecule has 1 aromatic rings. The minimum atomic E-state index is -0.501. The zero-order valence-electron chi connectivity index (χ0n) is 15.0. The number of nitrogens with one attached hydrogen (secondary N) is 2. The molecular weight excluding hydrogens is 318 g/mol. The Balaban J connectivity index is 2.04. The monoisotopic (exact) mass is 343 g/mol. The number of likely N-dealkylation sites (tertiary alicyclic amines) is 1. The number of nitrogens with zero attached hydrogens (tertiary/aromatic N) is 1. The van der Waals surface area contributed by atoms with Gasteiger partial charge in [0.2, 0.25) is 0 Å². The Kier molecular flexibility index (Phi) is 5.08. The summed E-state index contributed by atoms with van der Waals surface area (Å²) < 4.78 is 5.03. The second kappa shape index (κ2) is 7.27. The van der Waals surface area contributed by atoms with Crippen molar-refractivity contribution in [2.24, 2.45) is 0 Å². The fourth-order valence-corrected chi connectivity index (χ4v) is 3.64. The molecule has 1 saturated heterocycles. The van der Waals surface area contributed by atoms with Crippen LogP contribution in [0.5, 0.6) is 0 Å². The van der Waals surface area contributed by atoms with E-state index >= 15 is 0 Å². The average molecular weight is 343 g/mol. The van der Waals surface area contributed by atoms with E-state index in [1.165, 1.54) is 7.11 Å². The third-order valence-electron chi connectivity index (χ3n) is 4.88. The number of hydrogen-bond donors (Lipinski definition) is 2. The van der Waals surface area contributed by atoms with Gasteiger partial charge in [0.15, 0.2) is 0 Å². The summed E-state index contributed by atoms with van der Waals surface area (Å²) in [7, 11) is 1.37. The number of rotatable bonds is 4. The molecular formula is C19H25N3O3. The molecule has 2 heterocycles. The van der Waals surface area contributed by atoms with Crippen LogP contribution in [-0.4, -0.2) is 43.6 Å². The standard InChI is InChI=1S/C19H25N3O3/c1-12-6-7-14(13(2)10-12)17-16(18(23)25-3)15(20-19(24)21-17)11-22-8-4-5-9-22/h6-7,10,17H,4-5,8-9,11H2,1-3H3,(H2,20,21,24)/t17-/m1/s1. The molecule has 2 aliphatic heterocycles. The largest absolute Gasteiger partial charge is 0.466 e. The van der Waals surface area contributed by atoms with E-state index in [1.807, 2.05) is 26.0 Å². The maximum atomic E-state index is 12.5. The van der Waals surface area contributed by atoms with Crippen LogP contribution in [0.4, 0.5) is 4.79 Å². The van der Waals surface area contributed by atoms with Crippen molar-refractivity contribution in [1.29, 1.82) is 0 Å². The number of carbonyl (C=O) groups excluding carboxylic acids is 2. The third kappa shape index (κ3) is 3.69. The Morgan fingerprint density at radius 1 is 1.28 bits per heavy atom. The van der Waals surface area contributed by atoms with Crippen LogP contribution in [0.1, 0.15) is 35.6 Å². The second-order valence-electron chi connectivity index (χ2n) is 6.76. The van der Waals surface area contributed by atoms with Gasteiger partial charge >= 0.3 is 12.0 Å². The van der Waals surface area contributed by atoms with Gasteiger partial charge in [0.1, 0.15) is 0 Å². The lowest BCUT2D eigenvalue weighted by Gasteiger charge is -2.31. The molecule has 0 bridgehead atoms. The van der Waals surface area contributed by atoms with Crippen LogP contribution in [0.15, 0.2) is 29.5 Å². The summed E-state index contributed by atoms with van der Waals surface area (Å²) in [5.41, 5.74) is 4.22. The van der Waals surface area contributed by atoms with Crippen LogP contribution in [0, 0.1) is 13.8 Å². The molecule has 0 spiro atoms. The van der Waals surface area contributed by atoms with Crippen molar-refractivity contribution < 1.29 is 14.3 Å². The number of urea groups is 1. The molecule has 1 atom stereocenters. The van der Waals surface area contributed by atoms with Crippen molar-refractivity contribution >= 4 is 12.0 Å². The van der Waals surface area contributed by atoms with E-state index in [0.717, 1.165) is 42.6 Å². The van der Waals surface area contributed by atoms with Gasteiger partial charge in [-0.15, -0.1) is 0 Å². The number of carbonyl (C=O) groups is 2. The van der Waals surface area contributed by atoms with Gasteiger partial charge in [0.25, 0.3) is 0 Å². The summed E-state index contributed by atoms with van der Waals surface area (Å²) >= 11 is 0. The highest BCUT2D eigenvalue weighted by Gasteiger charge is 2.34. The van der Waals surface area contributed by atoms with Crippen molar-refractivity contribution in [3.05, 3.63) is 46.2 Å². The summed E-state index contributed by atoms with van der Waals surface area (Å²) in [5, 5.41) is 5.71. The van der Waals surface area contributed by atoms with E-state index in [2.05, 4.69) is 21.6 Å². The Hall–Kier alpha value is -2.34. The number of benzene rings is 1. The van der Waals surface area contributed by atoms with E-state index < -0.39 is 12.0 Å². The summed E-state index contributed by atoms with van der Waals surface area (Å²) in [5.74, 6) is -0.410. The van der Waals surface area contributed by atoms with Crippen LogP contribution >= 0.6 is 0 Å². The van der Waals surface area contributed by atoms with E-state index in [1.54, 1.807) is 0 Å². The first-order valence-electron chi connectivity index (χ1n) is 8.68. The van der Waals surface area contributed by atoms with Crippen LogP contribution in [0.3, 0.4) is 0 Å². The van der Waals surface area contributed by atoms with E-state index in [0.29, 0.717) is 17.8 Å². The zero-order valence-corrected chi connectivity index (χ0v) is 15.0.